The first kappa shape index (κ1) is 16.9. The third-order valence-corrected chi connectivity index (χ3v) is 4.98. The molecule has 1 atom stereocenters. The van der Waals surface area contributed by atoms with Crippen LogP contribution in [0.15, 0.2) is 55.1 Å². The molecular weight excluding hydrogens is 357 g/mol. The van der Waals surface area contributed by atoms with E-state index in [1.54, 1.807) is 18.5 Å². The zero-order chi connectivity index (χ0) is 18.9. The van der Waals surface area contributed by atoms with Gasteiger partial charge >= 0.3 is 0 Å². The highest BCUT2D eigenvalue weighted by Gasteiger charge is 2.22. The van der Waals surface area contributed by atoms with Gasteiger partial charge in [-0.05, 0) is 43.5 Å². The van der Waals surface area contributed by atoms with Crippen LogP contribution in [0.3, 0.4) is 0 Å². The van der Waals surface area contributed by atoms with Crippen molar-refractivity contribution in [1.82, 2.24) is 24.7 Å². The quantitative estimate of drug-likeness (QED) is 0.497. The molecule has 4 aromatic heterocycles. The van der Waals surface area contributed by atoms with Gasteiger partial charge in [-0.3, -0.25) is 9.97 Å². The normalized spacial score (nSPS) is 17.1. The van der Waals surface area contributed by atoms with Gasteiger partial charge in [-0.25, -0.2) is 9.67 Å². The standard InChI is InChI=1S/C21H18FN5O/c22-19-10-14(6-8-24-19)21-16-11-17(15-4-3-7-23-12-15)25-13-18(16)27(26-21)20-5-1-2-9-28-20/h3-4,6-8,10-13,20H,1-2,5,9H2. The number of hydrogen-bond donors (Lipinski definition) is 0. The molecular formula is C21H18FN5O. The Bertz CT molecular complexity index is 1120. The predicted molar refractivity (Wildman–Crippen MR) is 103 cm³/mol. The van der Waals surface area contributed by atoms with Crippen LogP contribution in [-0.2, 0) is 4.74 Å². The summed E-state index contributed by atoms with van der Waals surface area (Å²) < 4.78 is 21.6. The van der Waals surface area contributed by atoms with E-state index in [2.05, 4.69) is 15.0 Å². The molecule has 0 aromatic carbocycles. The van der Waals surface area contributed by atoms with Gasteiger partial charge in [-0.1, -0.05) is 0 Å². The molecule has 28 heavy (non-hydrogen) atoms. The van der Waals surface area contributed by atoms with Gasteiger partial charge in [-0.15, -0.1) is 0 Å². The maximum Gasteiger partial charge on any atom is 0.213 e. The van der Waals surface area contributed by atoms with Crippen LogP contribution in [-0.4, -0.2) is 31.3 Å². The minimum atomic E-state index is -0.532. The van der Waals surface area contributed by atoms with Crippen molar-refractivity contribution in [3.63, 3.8) is 0 Å². The minimum absolute atomic E-state index is 0.136. The van der Waals surface area contributed by atoms with Crippen molar-refractivity contribution in [2.75, 3.05) is 6.61 Å². The van der Waals surface area contributed by atoms with Crippen LogP contribution in [0.4, 0.5) is 4.39 Å². The highest BCUT2D eigenvalue weighted by molar-refractivity contribution is 5.95. The molecule has 140 valence electrons. The molecule has 0 saturated carbocycles. The van der Waals surface area contributed by atoms with Crippen molar-refractivity contribution in [3.8, 4) is 22.5 Å². The van der Waals surface area contributed by atoms with Gasteiger partial charge in [-0.2, -0.15) is 9.49 Å². The number of aromatic nitrogens is 5. The van der Waals surface area contributed by atoms with Gasteiger partial charge in [0.1, 0.15) is 5.69 Å². The third kappa shape index (κ3) is 3.03. The number of pyridine rings is 3. The SMILES string of the molecule is Fc1cc(-c2nn(C3CCCCO3)c3cnc(-c4cccnc4)cc23)ccn1. The fourth-order valence-corrected chi connectivity index (χ4v) is 3.61. The van der Waals surface area contributed by atoms with Crippen LogP contribution in [0, 0.1) is 5.95 Å². The van der Waals surface area contributed by atoms with E-state index < -0.39 is 5.95 Å². The Morgan fingerprint density at radius 3 is 2.79 bits per heavy atom. The molecule has 0 bridgehead atoms. The monoisotopic (exact) mass is 375 g/mol. The van der Waals surface area contributed by atoms with E-state index in [1.807, 2.05) is 29.1 Å². The van der Waals surface area contributed by atoms with Crippen LogP contribution in [0.25, 0.3) is 33.4 Å². The van der Waals surface area contributed by atoms with Gasteiger partial charge in [0.2, 0.25) is 5.95 Å². The zero-order valence-electron chi connectivity index (χ0n) is 15.1. The highest BCUT2D eigenvalue weighted by atomic mass is 19.1. The minimum Gasteiger partial charge on any atom is -0.356 e. The molecule has 1 aliphatic heterocycles. The molecule has 7 heteroatoms. The molecule has 0 N–H and O–H groups in total. The lowest BCUT2D eigenvalue weighted by Crippen LogP contribution is -2.19. The third-order valence-electron chi connectivity index (χ3n) is 4.98. The Morgan fingerprint density at radius 2 is 2.00 bits per heavy atom. The predicted octanol–water partition coefficient (Wildman–Crippen LogP) is 4.39. The number of ether oxygens (including phenoxy) is 1. The van der Waals surface area contributed by atoms with E-state index in [-0.39, 0.29) is 6.23 Å². The Morgan fingerprint density at radius 1 is 1.04 bits per heavy atom. The Hall–Kier alpha value is -3.19. The fraction of sp³-hybridized carbons (Fsp3) is 0.238. The van der Waals surface area contributed by atoms with Crippen LogP contribution in [0.1, 0.15) is 25.5 Å². The van der Waals surface area contributed by atoms with Gasteiger partial charge in [0.05, 0.1) is 17.4 Å². The summed E-state index contributed by atoms with van der Waals surface area (Å²) in [4.78, 5) is 12.4. The molecule has 1 aliphatic rings. The summed E-state index contributed by atoms with van der Waals surface area (Å²) in [5, 5.41) is 5.70. The first-order valence-electron chi connectivity index (χ1n) is 9.32. The summed E-state index contributed by atoms with van der Waals surface area (Å²) in [6, 6.07) is 8.98. The Labute approximate surface area is 161 Å². The molecule has 0 spiro atoms. The summed E-state index contributed by atoms with van der Waals surface area (Å²) in [5.41, 5.74) is 3.94. The Balaban J connectivity index is 1.71. The molecule has 6 nitrogen and oxygen atoms in total. The molecule has 1 saturated heterocycles. The maximum absolute atomic E-state index is 13.8. The first-order valence-corrected chi connectivity index (χ1v) is 9.32. The smallest absolute Gasteiger partial charge is 0.213 e. The lowest BCUT2D eigenvalue weighted by atomic mass is 10.1. The number of rotatable bonds is 3. The van der Waals surface area contributed by atoms with Crippen molar-refractivity contribution in [1.29, 1.82) is 0 Å². The zero-order valence-corrected chi connectivity index (χ0v) is 15.1. The molecule has 0 aliphatic carbocycles. The van der Waals surface area contributed by atoms with Gasteiger partial charge < -0.3 is 4.74 Å². The summed E-state index contributed by atoms with van der Waals surface area (Å²) >= 11 is 0. The lowest BCUT2D eigenvalue weighted by Gasteiger charge is -2.23. The molecule has 5 heterocycles. The fourth-order valence-electron chi connectivity index (χ4n) is 3.61. The van der Waals surface area contributed by atoms with Gasteiger partial charge in [0.15, 0.2) is 6.23 Å². The van der Waals surface area contributed by atoms with Crippen LogP contribution >= 0.6 is 0 Å². The molecule has 5 rings (SSSR count). The van der Waals surface area contributed by atoms with Crippen molar-refractivity contribution < 1.29 is 9.13 Å². The first-order chi connectivity index (χ1) is 13.8. The van der Waals surface area contributed by atoms with Gasteiger partial charge in [0, 0.05) is 47.8 Å². The highest BCUT2D eigenvalue weighted by Crippen LogP contribution is 2.34. The van der Waals surface area contributed by atoms with E-state index in [1.165, 1.54) is 12.3 Å². The van der Waals surface area contributed by atoms with E-state index in [0.717, 1.165) is 41.4 Å². The van der Waals surface area contributed by atoms with Crippen molar-refractivity contribution in [2.24, 2.45) is 0 Å². The van der Waals surface area contributed by atoms with Gasteiger partial charge in [0.25, 0.3) is 0 Å². The van der Waals surface area contributed by atoms with E-state index in [4.69, 9.17) is 9.84 Å². The summed E-state index contributed by atoms with van der Waals surface area (Å²) in [5.74, 6) is -0.532. The molecule has 0 radical (unpaired) electrons. The lowest BCUT2D eigenvalue weighted by molar-refractivity contribution is -0.0365. The summed E-state index contributed by atoms with van der Waals surface area (Å²) in [6.45, 7) is 0.715. The van der Waals surface area contributed by atoms with Crippen molar-refractivity contribution >= 4 is 10.9 Å². The van der Waals surface area contributed by atoms with E-state index >= 15 is 0 Å². The van der Waals surface area contributed by atoms with Crippen molar-refractivity contribution in [3.05, 3.63) is 61.1 Å². The number of hydrogen-bond acceptors (Lipinski definition) is 5. The van der Waals surface area contributed by atoms with Crippen LogP contribution in [0.5, 0.6) is 0 Å². The number of fused-ring (bicyclic) bond motifs is 1. The second-order valence-electron chi connectivity index (χ2n) is 6.81. The van der Waals surface area contributed by atoms with Crippen molar-refractivity contribution in [2.45, 2.75) is 25.5 Å². The Kier molecular flexibility index (Phi) is 4.29. The average molecular weight is 375 g/mol. The summed E-state index contributed by atoms with van der Waals surface area (Å²) in [6.07, 6.45) is 9.67. The molecule has 1 unspecified atom stereocenters. The van der Waals surface area contributed by atoms with Crippen LogP contribution in [0.2, 0.25) is 0 Å². The average Bonchev–Trinajstić information content (AvgIpc) is 3.14. The van der Waals surface area contributed by atoms with E-state index in [9.17, 15) is 4.39 Å². The molecule has 1 fully saturated rings. The topological polar surface area (TPSA) is 65.7 Å². The second kappa shape index (κ2) is 7.09. The molecule has 0 amide bonds. The maximum atomic E-state index is 13.8. The largest absolute Gasteiger partial charge is 0.356 e. The number of halogens is 1. The van der Waals surface area contributed by atoms with E-state index in [0.29, 0.717) is 17.9 Å². The van der Waals surface area contributed by atoms with Crippen LogP contribution < -0.4 is 0 Å². The molecule has 4 aromatic rings. The summed E-state index contributed by atoms with van der Waals surface area (Å²) in [7, 11) is 0. The second-order valence-corrected chi connectivity index (χ2v) is 6.81. The number of nitrogens with zero attached hydrogens (tertiary/aromatic N) is 5.